The first-order chi connectivity index (χ1) is 8.43. The third kappa shape index (κ3) is 4.94. The van der Waals surface area contributed by atoms with Crippen LogP contribution in [-0.2, 0) is 12.6 Å². The molecule has 0 aliphatic heterocycles. The maximum atomic E-state index is 12.4. The summed E-state index contributed by atoms with van der Waals surface area (Å²) >= 11 is 0. The van der Waals surface area contributed by atoms with Gasteiger partial charge in [-0.15, -0.1) is 0 Å². The van der Waals surface area contributed by atoms with E-state index in [2.05, 4.69) is 13.5 Å². The Balaban J connectivity index is 2.51. The summed E-state index contributed by atoms with van der Waals surface area (Å²) in [6, 6.07) is 5.34. The maximum absolute atomic E-state index is 12.4. The van der Waals surface area contributed by atoms with Gasteiger partial charge in [0.1, 0.15) is 0 Å². The van der Waals surface area contributed by atoms with E-state index in [-0.39, 0.29) is 0 Å². The molecule has 0 aliphatic rings. The average Bonchev–Trinajstić information content (AvgIpc) is 2.29. The summed E-state index contributed by atoms with van der Waals surface area (Å²) in [7, 11) is 0. The van der Waals surface area contributed by atoms with Crippen LogP contribution in [0.15, 0.2) is 36.4 Å². The molecule has 0 aliphatic carbocycles. The Morgan fingerprint density at radius 1 is 1.11 bits per heavy atom. The highest BCUT2D eigenvalue weighted by atomic mass is 19.4. The molecule has 1 aromatic rings. The minimum Gasteiger partial charge on any atom is -0.166 e. The van der Waals surface area contributed by atoms with E-state index in [4.69, 9.17) is 0 Å². The maximum Gasteiger partial charge on any atom is 0.416 e. The van der Waals surface area contributed by atoms with Gasteiger partial charge >= 0.3 is 6.18 Å². The van der Waals surface area contributed by atoms with Gasteiger partial charge < -0.3 is 0 Å². The van der Waals surface area contributed by atoms with Gasteiger partial charge in [-0.1, -0.05) is 44.1 Å². The molecular formula is C15H19F3. The molecule has 1 aromatic carbocycles. The van der Waals surface area contributed by atoms with Crippen LogP contribution in [0.25, 0.3) is 0 Å². The minimum atomic E-state index is -4.25. The fourth-order valence-electron chi connectivity index (χ4n) is 1.81. The van der Waals surface area contributed by atoms with Crippen molar-refractivity contribution in [3.63, 3.8) is 0 Å². The van der Waals surface area contributed by atoms with Crippen LogP contribution in [-0.4, -0.2) is 0 Å². The van der Waals surface area contributed by atoms with Crippen LogP contribution in [0.1, 0.15) is 43.7 Å². The monoisotopic (exact) mass is 256 g/mol. The number of halogens is 3. The number of benzene rings is 1. The van der Waals surface area contributed by atoms with Crippen molar-refractivity contribution < 1.29 is 13.2 Å². The number of unbranched alkanes of at least 4 members (excludes halogenated alkanes) is 2. The molecule has 18 heavy (non-hydrogen) atoms. The average molecular weight is 256 g/mol. The Kier molecular flexibility index (Phi) is 5.45. The Morgan fingerprint density at radius 3 is 2.22 bits per heavy atom. The summed E-state index contributed by atoms with van der Waals surface area (Å²) in [6.45, 7) is 6.11. The van der Waals surface area contributed by atoms with Crippen LogP contribution in [0.3, 0.4) is 0 Å². The van der Waals surface area contributed by atoms with E-state index in [0.29, 0.717) is 6.42 Å². The van der Waals surface area contributed by atoms with Crippen molar-refractivity contribution >= 4 is 0 Å². The minimum absolute atomic E-state index is 0.595. The zero-order chi connectivity index (χ0) is 13.6. The highest BCUT2D eigenvalue weighted by Gasteiger charge is 2.29. The van der Waals surface area contributed by atoms with Crippen molar-refractivity contribution in [2.24, 2.45) is 0 Å². The Bertz CT molecular complexity index is 374. The fourth-order valence-corrected chi connectivity index (χ4v) is 1.81. The van der Waals surface area contributed by atoms with Gasteiger partial charge in [0.05, 0.1) is 5.56 Å². The van der Waals surface area contributed by atoms with E-state index >= 15 is 0 Å². The van der Waals surface area contributed by atoms with Gasteiger partial charge in [0.2, 0.25) is 0 Å². The first-order valence-electron chi connectivity index (χ1n) is 6.26. The first kappa shape index (κ1) is 14.8. The highest BCUT2D eigenvalue weighted by Crippen LogP contribution is 2.29. The molecule has 0 unspecified atom stereocenters. The van der Waals surface area contributed by atoms with E-state index in [1.165, 1.54) is 18.6 Å². The van der Waals surface area contributed by atoms with E-state index in [1.54, 1.807) is 0 Å². The molecular weight excluding hydrogens is 237 g/mol. The number of hydrogen-bond donors (Lipinski definition) is 0. The molecule has 0 saturated carbocycles. The molecule has 0 saturated heterocycles. The second-order valence-electron chi connectivity index (χ2n) is 4.58. The zero-order valence-electron chi connectivity index (χ0n) is 10.7. The van der Waals surface area contributed by atoms with Crippen molar-refractivity contribution in [1.82, 2.24) is 0 Å². The Labute approximate surface area is 107 Å². The quantitative estimate of drug-likeness (QED) is 0.473. The van der Waals surface area contributed by atoms with Crippen molar-refractivity contribution in [1.29, 1.82) is 0 Å². The van der Waals surface area contributed by atoms with Gasteiger partial charge in [0, 0.05) is 0 Å². The first-order valence-corrected chi connectivity index (χ1v) is 6.26. The van der Waals surface area contributed by atoms with E-state index in [0.717, 1.165) is 42.5 Å². The molecule has 0 N–H and O–H groups in total. The van der Waals surface area contributed by atoms with Gasteiger partial charge in [-0.05, 0) is 37.0 Å². The summed E-state index contributed by atoms with van der Waals surface area (Å²) < 4.78 is 37.1. The molecule has 0 heterocycles. The van der Waals surface area contributed by atoms with E-state index in [9.17, 15) is 13.2 Å². The lowest BCUT2D eigenvalue weighted by Gasteiger charge is -2.09. The summed E-state index contributed by atoms with van der Waals surface area (Å²) in [5.74, 6) is 0. The summed E-state index contributed by atoms with van der Waals surface area (Å²) in [5, 5.41) is 0. The number of allylic oxidation sites excluding steroid dienone is 1. The lowest BCUT2D eigenvalue weighted by molar-refractivity contribution is -0.137. The molecule has 0 atom stereocenters. The molecule has 0 nitrogen and oxygen atoms in total. The van der Waals surface area contributed by atoms with E-state index in [1.807, 2.05) is 0 Å². The lowest BCUT2D eigenvalue weighted by atomic mass is 10.0. The Morgan fingerprint density at radius 2 is 1.72 bits per heavy atom. The molecule has 0 bridgehead atoms. The van der Waals surface area contributed by atoms with Gasteiger partial charge in [-0.3, -0.25) is 0 Å². The highest BCUT2D eigenvalue weighted by molar-refractivity contribution is 5.27. The van der Waals surface area contributed by atoms with Crippen LogP contribution >= 0.6 is 0 Å². The molecule has 1 rings (SSSR count). The number of hydrogen-bond acceptors (Lipinski definition) is 0. The van der Waals surface area contributed by atoms with Crippen LogP contribution in [0, 0.1) is 0 Å². The zero-order valence-corrected chi connectivity index (χ0v) is 10.7. The fraction of sp³-hybridized carbons (Fsp3) is 0.467. The standard InChI is InChI=1S/C15H19F3/c1-3-4-5-6-12(2)11-13-7-9-14(10-8-13)15(16,17)18/h7-10H,2-6,11H2,1H3. The van der Waals surface area contributed by atoms with Crippen molar-refractivity contribution in [2.75, 3.05) is 0 Å². The lowest BCUT2D eigenvalue weighted by Crippen LogP contribution is -2.04. The third-order valence-corrected chi connectivity index (χ3v) is 2.87. The number of rotatable bonds is 6. The van der Waals surface area contributed by atoms with Crippen molar-refractivity contribution in [2.45, 2.75) is 45.2 Å². The van der Waals surface area contributed by atoms with Crippen LogP contribution in [0.2, 0.25) is 0 Å². The Hall–Kier alpha value is -1.25. The van der Waals surface area contributed by atoms with Gasteiger partial charge in [0.15, 0.2) is 0 Å². The topological polar surface area (TPSA) is 0 Å². The predicted octanol–water partition coefficient (Wildman–Crippen LogP) is 5.38. The molecule has 0 spiro atoms. The number of alkyl halides is 3. The molecule has 0 fully saturated rings. The predicted molar refractivity (Wildman–Crippen MR) is 68.4 cm³/mol. The summed E-state index contributed by atoms with van der Waals surface area (Å²) in [5.41, 5.74) is 1.38. The SMILES string of the molecule is C=C(CCCCC)Cc1ccc(C(F)(F)F)cc1. The second kappa shape index (κ2) is 6.62. The van der Waals surface area contributed by atoms with Crippen LogP contribution < -0.4 is 0 Å². The molecule has 100 valence electrons. The molecule has 0 radical (unpaired) electrons. The van der Waals surface area contributed by atoms with Gasteiger partial charge in [0.25, 0.3) is 0 Å². The normalized spacial score (nSPS) is 11.6. The summed E-state index contributed by atoms with van der Waals surface area (Å²) in [6.07, 6.45) is 0.808. The largest absolute Gasteiger partial charge is 0.416 e. The molecule has 3 heteroatoms. The van der Waals surface area contributed by atoms with Crippen LogP contribution in [0.5, 0.6) is 0 Å². The van der Waals surface area contributed by atoms with Crippen molar-refractivity contribution in [3.8, 4) is 0 Å². The molecule has 0 aromatic heterocycles. The van der Waals surface area contributed by atoms with Gasteiger partial charge in [-0.2, -0.15) is 13.2 Å². The summed E-state index contributed by atoms with van der Waals surface area (Å²) in [4.78, 5) is 0. The molecule has 0 amide bonds. The second-order valence-corrected chi connectivity index (χ2v) is 4.58. The van der Waals surface area contributed by atoms with Crippen LogP contribution in [0.4, 0.5) is 13.2 Å². The van der Waals surface area contributed by atoms with Gasteiger partial charge in [-0.25, -0.2) is 0 Å². The third-order valence-electron chi connectivity index (χ3n) is 2.87. The van der Waals surface area contributed by atoms with Crippen molar-refractivity contribution in [3.05, 3.63) is 47.5 Å². The smallest absolute Gasteiger partial charge is 0.166 e. The van der Waals surface area contributed by atoms with E-state index < -0.39 is 11.7 Å².